The fourth-order valence-corrected chi connectivity index (χ4v) is 4.15. The van der Waals surface area contributed by atoms with E-state index >= 15 is 0 Å². The van der Waals surface area contributed by atoms with Gasteiger partial charge in [0.25, 0.3) is 11.6 Å². The molecule has 136 valence electrons. The van der Waals surface area contributed by atoms with Crippen LogP contribution in [0.4, 0.5) is 11.4 Å². The summed E-state index contributed by atoms with van der Waals surface area (Å²) >= 11 is 0. The van der Waals surface area contributed by atoms with Crippen molar-refractivity contribution in [2.75, 3.05) is 24.5 Å². The number of nitro groups is 1. The Balaban J connectivity index is 1.86. The number of anilines is 1. The molecule has 6 nitrogen and oxygen atoms in total. The Hall–Kier alpha value is -2.11. The highest BCUT2D eigenvalue weighted by atomic mass is 16.6. The topological polar surface area (TPSA) is 66.7 Å². The predicted octanol–water partition coefficient (Wildman–Crippen LogP) is 3.99. The number of nitro benzene ring substituents is 1. The second kappa shape index (κ2) is 7.85. The summed E-state index contributed by atoms with van der Waals surface area (Å²) in [5.41, 5.74) is 1.12. The van der Waals surface area contributed by atoms with Gasteiger partial charge in [0, 0.05) is 37.3 Å². The minimum Gasteiger partial charge on any atom is -0.366 e. The van der Waals surface area contributed by atoms with Crippen LogP contribution in [0, 0.1) is 10.1 Å². The number of carbonyl (C=O) groups excluding carboxylic acids is 1. The van der Waals surface area contributed by atoms with Gasteiger partial charge in [-0.3, -0.25) is 14.9 Å². The zero-order chi connectivity index (χ0) is 17.8. The van der Waals surface area contributed by atoms with Crippen LogP contribution in [-0.2, 0) is 0 Å². The Morgan fingerprint density at radius 2 is 1.88 bits per heavy atom. The van der Waals surface area contributed by atoms with Gasteiger partial charge in [0.05, 0.1) is 4.92 Å². The van der Waals surface area contributed by atoms with Crippen LogP contribution in [0.5, 0.6) is 0 Å². The summed E-state index contributed by atoms with van der Waals surface area (Å²) in [7, 11) is 0. The molecule has 1 aromatic rings. The molecule has 1 aliphatic carbocycles. The summed E-state index contributed by atoms with van der Waals surface area (Å²) in [6.45, 7) is 4.32. The molecule has 0 radical (unpaired) electrons. The van der Waals surface area contributed by atoms with E-state index in [4.69, 9.17) is 0 Å². The van der Waals surface area contributed by atoms with E-state index in [9.17, 15) is 14.9 Å². The number of hydrogen-bond acceptors (Lipinski definition) is 4. The molecule has 1 aromatic carbocycles. The lowest BCUT2D eigenvalue weighted by atomic mass is 9.93. The zero-order valence-corrected chi connectivity index (χ0v) is 14.9. The molecule has 1 saturated carbocycles. The Bertz CT molecular complexity index is 635. The van der Waals surface area contributed by atoms with Gasteiger partial charge in [-0.2, -0.15) is 0 Å². The van der Waals surface area contributed by atoms with Gasteiger partial charge in [-0.1, -0.05) is 19.3 Å². The number of nitrogens with zero attached hydrogens (tertiary/aromatic N) is 3. The van der Waals surface area contributed by atoms with E-state index < -0.39 is 0 Å². The molecule has 1 heterocycles. The van der Waals surface area contributed by atoms with E-state index in [1.165, 1.54) is 12.5 Å². The van der Waals surface area contributed by atoms with Crippen molar-refractivity contribution in [3.63, 3.8) is 0 Å². The molecule has 1 amide bonds. The van der Waals surface area contributed by atoms with E-state index in [1.807, 2.05) is 16.7 Å². The van der Waals surface area contributed by atoms with Gasteiger partial charge in [0.1, 0.15) is 5.69 Å². The molecule has 1 aliphatic heterocycles. The van der Waals surface area contributed by atoms with Crippen molar-refractivity contribution in [2.24, 2.45) is 0 Å². The molecule has 2 fully saturated rings. The highest BCUT2D eigenvalue weighted by Gasteiger charge is 2.28. The molecule has 2 aliphatic rings. The standard InChI is InChI=1S/C19H27N3O3/c1-2-21(16-8-4-3-5-9-16)19(23)15-10-11-17(18(14-15)22(24)25)20-12-6-7-13-20/h10-11,14,16H,2-9,12-13H2,1H3. The first-order chi connectivity index (χ1) is 12.1. The van der Waals surface area contributed by atoms with E-state index in [1.54, 1.807) is 12.1 Å². The molecule has 0 bridgehead atoms. The first-order valence-electron chi connectivity index (χ1n) is 9.46. The molecular formula is C19H27N3O3. The Kier molecular flexibility index (Phi) is 5.56. The molecule has 0 atom stereocenters. The van der Waals surface area contributed by atoms with Crippen molar-refractivity contribution in [3.8, 4) is 0 Å². The van der Waals surface area contributed by atoms with Gasteiger partial charge in [0.15, 0.2) is 0 Å². The number of benzene rings is 1. The number of rotatable bonds is 5. The second-order valence-corrected chi connectivity index (χ2v) is 7.04. The van der Waals surface area contributed by atoms with Crippen LogP contribution in [0.15, 0.2) is 18.2 Å². The van der Waals surface area contributed by atoms with Gasteiger partial charge in [-0.05, 0) is 44.7 Å². The third kappa shape index (κ3) is 3.78. The predicted molar refractivity (Wildman–Crippen MR) is 98.1 cm³/mol. The molecule has 6 heteroatoms. The van der Waals surface area contributed by atoms with E-state index in [2.05, 4.69) is 0 Å². The zero-order valence-electron chi connectivity index (χ0n) is 14.9. The van der Waals surface area contributed by atoms with Crippen molar-refractivity contribution in [2.45, 2.75) is 57.9 Å². The fraction of sp³-hybridized carbons (Fsp3) is 0.632. The molecular weight excluding hydrogens is 318 g/mol. The molecule has 3 rings (SSSR count). The normalized spacial score (nSPS) is 18.4. The first kappa shape index (κ1) is 17.7. The molecule has 25 heavy (non-hydrogen) atoms. The van der Waals surface area contributed by atoms with Crippen LogP contribution in [0.1, 0.15) is 62.2 Å². The minimum absolute atomic E-state index is 0.0486. The quantitative estimate of drug-likeness (QED) is 0.598. The van der Waals surface area contributed by atoms with Crippen LogP contribution < -0.4 is 4.90 Å². The Morgan fingerprint density at radius 3 is 2.48 bits per heavy atom. The van der Waals surface area contributed by atoms with Crippen LogP contribution in [0.3, 0.4) is 0 Å². The average molecular weight is 345 g/mol. The van der Waals surface area contributed by atoms with E-state index in [0.717, 1.165) is 51.6 Å². The van der Waals surface area contributed by atoms with E-state index in [-0.39, 0.29) is 22.6 Å². The summed E-state index contributed by atoms with van der Waals surface area (Å²) in [4.78, 5) is 28.1. The molecule has 0 unspecified atom stereocenters. The summed E-state index contributed by atoms with van der Waals surface area (Å²) in [5.74, 6) is -0.0783. The lowest BCUT2D eigenvalue weighted by Crippen LogP contribution is -2.41. The third-order valence-electron chi connectivity index (χ3n) is 5.48. The average Bonchev–Trinajstić information content (AvgIpc) is 3.17. The minimum atomic E-state index is -0.360. The number of hydrogen-bond donors (Lipinski definition) is 0. The largest absolute Gasteiger partial charge is 0.366 e. The molecule has 0 aromatic heterocycles. The Labute approximate surface area is 148 Å². The number of amides is 1. The summed E-state index contributed by atoms with van der Waals surface area (Å²) in [6.07, 6.45) is 7.73. The molecule has 0 spiro atoms. The summed E-state index contributed by atoms with van der Waals surface area (Å²) < 4.78 is 0. The van der Waals surface area contributed by atoms with Crippen molar-refractivity contribution < 1.29 is 9.72 Å². The first-order valence-corrected chi connectivity index (χ1v) is 9.46. The van der Waals surface area contributed by atoms with Crippen molar-refractivity contribution in [1.82, 2.24) is 4.90 Å². The van der Waals surface area contributed by atoms with Crippen molar-refractivity contribution in [3.05, 3.63) is 33.9 Å². The van der Waals surface area contributed by atoms with Crippen LogP contribution >= 0.6 is 0 Å². The van der Waals surface area contributed by atoms with Gasteiger partial charge < -0.3 is 9.80 Å². The second-order valence-electron chi connectivity index (χ2n) is 7.04. The number of carbonyl (C=O) groups is 1. The maximum Gasteiger partial charge on any atom is 0.293 e. The van der Waals surface area contributed by atoms with Gasteiger partial charge in [0.2, 0.25) is 0 Å². The lowest BCUT2D eigenvalue weighted by molar-refractivity contribution is -0.384. The van der Waals surface area contributed by atoms with Crippen LogP contribution in [0.2, 0.25) is 0 Å². The monoisotopic (exact) mass is 345 g/mol. The van der Waals surface area contributed by atoms with Crippen LogP contribution in [-0.4, -0.2) is 41.4 Å². The molecule has 1 saturated heterocycles. The maximum absolute atomic E-state index is 13.0. The smallest absolute Gasteiger partial charge is 0.293 e. The fourth-order valence-electron chi connectivity index (χ4n) is 4.15. The Morgan fingerprint density at radius 1 is 1.20 bits per heavy atom. The SMILES string of the molecule is CCN(C(=O)c1ccc(N2CCCC2)c([N+](=O)[O-])c1)C1CCCCC1. The highest BCUT2D eigenvalue weighted by molar-refractivity contribution is 5.96. The van der Waals surface area contributed by atoms with Crippen molar-refractivity contribution in [1.29, 1.82) is 0 Å². The summed E-state index contributed by atoms with van der Waals surface area (Å²) in [5, 5.41) is 11.5. The van der Waals surface area contributed by atoms with Crippen molar-refractivity contribution >= 4 is 17.3 Å². The lowest BCUT2D eigenvalue weighted by Gasteiger charge is -2.33. The van der Waals surface area contributed by atoms with E-state index in [0.29, 0.717) is 17.8 Å². The van der Waals surface area contributed by atoms with Gasteiger partial charge in [-0.25, -0.2) is 0 Å². The van der Waals surface area contributed by atoms with Gasteiger partial charge in [-0.15, -0.1) is 0 Å². The molecule has 0 N–H and O–H groups in total. The maximum atomic E-state index is 13.0. The van der Waals surface area contributed by atoms with Crippen LogP contribution in [0.25, 0.3) is 0 Å². The summed E-state index contributed by atoms with van der Waals surface area (Å²) in [6, 6.07) is 5.25. The highest BCUT2D eigenvalue weighted by Crippen LogP contribution is 2.32. The van der Waals surface area contributed by atoms with Gasteiger partial charge >= 0.3 is 0 Å². The third-order valence-corrected chi connectivity index (χ3v) is 5.48.